The number of ether oxygens (including phenoxy) is 1. The van der Waals surface area contributed by atoms with Gasteiger partial charge in [-0.15, -0.1) is 0 Å². The van der Waals surface area contributed by atoms with Gasteiger partial charge >= 0.3 is 0 Å². The summed E-state index contributed by atoms with van der Waals surface area (Å²) < 4.78 is 5.57. The zero-order valence-corrected chi connectivity index (χ0v) is 20.3. The van der Waals surface area contributed by atoms with E-state index < -0.39 is 12.3 Å². The number of aliphatic hydroxyl groups excluding tert-OH is 1. The summed E-state index contributed by atoms with van der Waals surface area (Å²) in [6.45, 7) is 7.93. The number of hydrogen-bond acceptors (Lipinski definition) is 4. The second-order valence-electron chi connectivity index (χ2n) is 8.27. The zero-order chi connectivity index (χ0) is 22.8. The van der Waals surface area contributed by atoms with Gasteiger partial charge in [-0.2, -0.15) is 11.8 Å². The van der Waals surface area contributed by atoms with Gasteiger partial charge in [0.25, 0.3) is 5.91 Å². The molecule has 4 nitrogen and oxygen atoms in total. The van der Waals surface area contributed by atoms with Crippen LogP contribution in [-0.4, -0.2) is 41.5 Å². The number of thioether (sulfide) groups is 1. The Morgan fingerprint density at radius 2 is 1.77 bits per heavy atom. The van der Waals surface area contributed by atoms with Gasteiger partial charge in [0, 0.05) is 5.56 Å². The van der Waals surface area contributed by atoms with Crippen molar-refractivity contribution in [1.29, 1.82) is 0 Å². The Morgan fingerprint density at radius 1 is 1.10 bits per heavy atom. The maximum atomic E-state index is 13.3. The van der Waals surface area contributed by atoms with Crippen LogP contribution in [-0.2, 0) is 24.0 Å². The molecule has 2 aromatic carbocycles. The number of aliphatic hydroxyl groups is 1. The van der Waals surface area contributed by atoms with Crippen LogP contribution < -0.4 is 5.32 Å². The van der Waals surface area contributed by atoms with E-state index in [1.807, 2.05) is 26.2 Å². The molecule has 0 saturated carbocycles. The summed E-state index contributed by atoms with van der Waals surface area (Å²) in [5.41, 5.74) is 5.35. The summed E-state index contributed by atoms with van der Waals surface area (Å²) >= 11 is 1.69. The van der Waals surface area contributed by atoms with E-state index in [0.29, 0.717) is 12.0 Å². The van der Waals surface area contributed by atoms with Crippen LogP contribution in [0.15, 0.2) is 42.5 Å². The van der Waals surface area contributed by atoms with Gasteiger partial charge in [-0.1, -0.05) is 48.9 Å². The molecule has 0 bridgehead atoms. The normalized spacial score (nSPS) is 13.3. The maximum absolute atomic E-state index is 13.3. The predicted octanol–water partition coefficient (Wildman–Crippen LogP) is 4.94. The monoisotopic (exact) mass is 443 g/mol. The number of carbonyl (C=O) groups is 1. The highest BCUT2D eigenvalue weighted by Gasteiger charge is 2.24. The molecule has 0 fully saturated rings. The second-order valence-corrected chi connectivity index (χ2v) is 9.25. The zero-order valence-electron chi connectivity index (χ0n) is 19.5. The van der Waals surface area contributed by atoms with Crippen LogP contribution in [0.4, 0.5) is 0 Å². The largest absolute Gasteiger partial charge is 0.366 e. The van der Waals surface area contributed by atoms with E-state index in [1.165, 1.54) is 11.1 Å². The van der Waals surface area contributed by atoms with E-state index in [-0.39, 0.29) is 12.0 Å². The predicted molar refractivity (Wildman–Crippen MR) is 131 cm³/mol. The van der Waals surface area contributed by atoms with Crippen molar-refractivity contribution >= 4 is 17.7 Å². The Balaban J connectivity index is 2.19. The number of amides is 1. The highest BCUT2D eigenvalue weighted by molar-refractivity contribution is 7.98. The van der Waals surface area contributed by atoms with Gasteiger partial charge in [0.15, 0.2) is 6.29 Å². The molecule has 1 unspecified atom stereocenters. The SMILES string of the molecule is CCc1ccc(CCc2ccc(C)cc2)c(C(=O)N[C@@H](CCSC)C(O)OC(C)C)c1. The lowest BCUT2D eigenvalue weighted by atomic mass is 9.96. The minimum absolute atomic E-state index is 0.114. The van der Waals surface area contributed by atoms with Crippen molar-refractivity contribution in [3.05, 3.63) is 70.3 Å². The number of rotatable bonds is 12. The number of nitrogens with one attached hydrogen (secondary N) is 1. The fourth-order valence-corrected chi connectivity index (χ4v) is 3.95. The summed E-state index contributed by atoms with van der Waals surface area (Å²) in [4.78, 5) is 13.3. The van der Waals surface area contributed by atoms with Crippen LogP contribution in [0.5, 0.6) is 0 Å². The summed E-state index contributed by atoms with van der Waals surface area (Å²) in [5, 5.41) is 13.5. The molecule has 0 aliphatic rings. The topological polar surface area (TPSA) is 58.6 Å². The van der Waals surface area contributed by atoms with Crippen molar-refractivity contribution in [3.63, 3.8) is 0 Å². The molecule has 0 radical (unpaired) electrons. The summed E-state index contributed by atoms with van der Waals surface area (Å²) in [6, 6.07) is 14.2. The Labute approximate surface area is 191 Å². The van der Waals surface area contributed by atoms with E-state index in [4.69, 9.17) is 4.74 Å². The fraction of sp³-hybridized carbons (Fsp3) is 0.500. The minimum Gasteiger partial charge on any atom is -0.366 e. The molecular formula is C26H37NO3S. The molecule has 2 N–H and O–H groups in total. The van der Waals surface area contributed by atoms with Gasteiger partial charge in [-0.05, 0) is 81.2 Å². The van der Waals surface area contributed by atoms with E-state index in [2.05, 4.69) is 55.6 Å². The van der Waals surface area contributed by atoms with Crippen molar-refractivity contribution in [2.45, 2.75) is 71.8 Å². The molecule has 5 heteroatoms. The van der Waals surface area contributed by atoms with Gasteiger partial charge in [-0.25, -0.2) is 0 Å². The van der Waals surface area contributed by atoms with Crippen molar-refractivity contribution < 1.29 is 14.6 Å². The van der Waals surface area contributed by atoms with Crippen LogP contribution in [0.25, 0.3) is 0 Å². The Bertz CT molecular complexity index is 820. The first-order chi connectivity index (χ1) is 14.8. The van der Waals surface area contributed by atoms with Gasteiger partial charge in [0.1, 0.15) is 0 Å². The van der Waals surface area contributed by atoms with Crippen LogP contribution in [0.1, 0.15) is 59.8 Å². The highest BCUT2D eigenvalue weighted by atomic mass is 32.2. The Kier molecular flexibility index (Phi) is 10.6. The summed E-state index contributed by atoms with van der Waals surface area (Å²) in [6.07, 6.45) is 4.05. The van der Waals surface area contributed by atoms with Crippen LogP contribution >= 0.6 is 11.8 Å². The lowest BCUT2D eigenvalue weighted by Gasteiger charge is -2.26. The second kappa shape index (κ2) is 12.9. The molecule has 2 aromatic rings. The first kappa shape index (κ1) is 25.4. The van der Waals surface area contributed by atoms with Crippen LogP contribution in [0, 0.1) is 6.92 Å². The molecule has 1 amide bonds. The number of aryl methyl sites for hydroxylation is 4. The highest BCUT2D eigenvalue weighted by Crippen LogP contribution is 2.18. The molecule has 0 spiro atoms. The molecular weight excluding hydrogens is 406 g/mol. The van der Waals surface area contributed by atoms with Gasteiger partial charge in [0.2, 0.25) is 0 Å². The van der Waals surface area contributed by atoms with Gasteiger partial charge in [-0.3, -0.25) is 4.79 Å². The molecule has 0 aromatic heterocycles. The van der Waals surface area contributed by atoms with Crippen molar-refractivity contribution in [3.8, 4) is 0 Å². The average molecular weight is 444 g/mol. The molecule has 0 aliphatic heterocycles. The molecule has 0 aliphatic carbocycles. The number of hydrogen-bond donors (Lipinski definition) is 2. The molecule has 170 valence electrons. The maximum Gasteiger partial charge on any atom is 0.251 e. The Hall–Kier alpha value is -1.82. The van der Waals surface area contributed by atoms with Gasteiger partial charge in [0.05, 0.1) is 12.1 Å². The van der Waals surface area contributed by atoms with E-state index in [0.717, 1.165) is 36.1 Å². The standard InChI is InChI=1S/C26H37NO3S/c1-6-20-11-13-22(14-12-21-9-7-19(4)8-10-21)23(17-20)25(28)27-24(15-16-31-5)26(29)30-18(2)3/h7-11,13,17-18,24,26,29H,6,12,14-16H2,1-5H3,(H,27,28)/t24-,26?/m0/s1. The number of carbonyl (C=O) groups excluding carboxylic acids is 1. The molecule has 0 saturated heterocycles. The quantitative estimate of drug-likeness (QED) is 0.456. The minimum atomic E-state index is -1.03. The van der Waals surface area contributed by atoms with Crippen LogP contribution in [0.2, 0.25) is 0 Å². The van der Waals surface area contributed by atoms with Crippen molar-refractivity contribution in [1.82, 2.24) is 5.32 Å². The first-order valence-corrected chi connectivity index (χ1v) is 12.5. The third-order valence-corrected chi connectivity index (χ3v) is 5.98. The lowest BCUT2D eigenvalue weighted by Crippen LogP contribution is -2.46. The average Bonchev–Trinajstić information content (AvgIpc) is 2.75. The van der Waals surface area contributed by atoms with E-state index in [9.17, 15) is 9.90 Å². The summed E-state index contributed by atoms with van der Waals surface area (Å²) in [7, 11) is 0. The molecule has 2 atom stereocenters. The number of benzene rings is 2. The fourth-order valence-electron chi connectivity index (χ4n) is 3.46. The van der Waals surface area contributed by atoms with E-state index in [1.54, 1.807) is 11.8 Å². The first-order valence-electron chi connectivity index (χ1n) is 11.1. The molecule has 0 heterocycles. The third-order valence-electron chi connectivity index (χ3n) is 5.34. The lowest BCUT2D eigenvalue weighted by molar-refractivity contribution is -0.141. The Morgan fingerprint density at radius 3 is 2.39 bits per heavy atom. The third kappa shape index (κ3) is 8.32. The smallest absolute Gasteiger partial charge is 0.251 e. The van der Waals surface area contributed by atoms with Crippen molar-refractivity contribution in [2.24, 2.45) is 0 Å². The van der Waals surface area contributed by atoms with E-state index >= 15 is 0 Å². The molecule has 31 heavy (non-hydrogen) atoms. The van der Waals surface area contributed by atoms with Crippen LogP contribution in [0.3, 0.4) is 0 Å². The molecule has 2 rings (SSSR count). The van der Waals surface area contributed by atoms with Crippen molar-refractivity contribution in [2.75, 3.05) is 12.0 Å². The summed E-state index contributed by atoms with van der Waals surface area (Å²) in [5.74, 6) is 0.686. The van der Waals surface area contributed by atoms with Gasteiger partial charge < -0.3 is 15.2 Å².